The Balaban J connectivity index is 0.000000530. The standard InChI is InChI=1S/C33H37F2N7O4.C4H6O6/c1-40-16-18-41(19-17-40)24-9-14-42(15-10-24)32(45)39-29-21-26(8-13-36-29)46-25-6-7-28(27(35)20-25)38-31(44)33(11-12-33)30(43)37-23-4-2-22(34)3-5-23;5-1(3(7)8)2(6)4(9)10/h2-8,13,20-21,24H,9-12,14-19H2,1H3,(H,37,43)(H,38,44)(H,36,39,45);1-2,5-6H,(H,7,8)(H,9,10)/t;1-,2-/m.1/s1. The number of piperidine rings is 1. The van der Waals surface area contributed by atoms with Crippen LogP contribution in [-0.2, 0) is 19.2 Å². The summed E-state index contributed by atoms with van der Waals surface area (Å²) in [4.78, 5) is 69.2. The zero-order chi connectivity index (χ0) is 40.6. The molecule has 7 N–H and O–H groups in total. The van der Waals surface area contributed by atoms with Gasteiger partial charge in [0.15, 0.2) is 12.2 Å². The van der Waals surface area contributed by atoms with Crippen LogP contribution in [0.25, 0.3) is 0 Å². The number of piperazine rings is 1. The predicted molar refractivity (Wildman–Crippen MR) is 196 cm³/mol. The maximum absolute atomic E-state index is 15.0. The number of halogens is 2. The molecule has 56 heavy (non-hydrogen) atoms. The number of aliphatic carboxylic acids is 2. The number of likely N-dealkylation sites (tertiary alicyclic amines) is 1. The zero-order valence-corrected chi connectivity index (χ0v) is 30.4. The van der Waals surface area contributed by atoms with Gasteiger partial charge < -0.3 is 45.6 Å². The largest absolute Gasteiger partial charge is 0.479 e. The van der Waals surface area contributed by atoms with Crippen LogP contribution in [0.1, 0.15) is 25.7 Å². The van der Waals surface area contributed by atoms with E-state index < -0.39 is 53.0 Å². The first-order valence-corrected chi connectivity index (χ1v) is 17.8. The highest BCUT2D eigenvalue weighted by Crippen LogP contribution is 2.47. The highest BCUT2D eigenvalue weighted by Gasteiger charge is 2.56. The quantitative estimate of drug-likeness (QED) is 0.139. The molecule has 1 aliphatic carbocycles. The van der Waals surface area contributed by atoms with Gasteiger partial charge >= 0.3 is 18.0 Å². The van der Waals surface area contributed by atoms with Crippen LogP contribution in [0.3, 0.4) is 0 Å². The fourth-order valence-corrected chi connectivity index (χ4v) is 6.13. The highest BCUT2D eigenvalue weighted by molar-refractivity contribution is 6.17. The number of nitrogens with one attached hydrogen (secondary N) is 3. The Hall–Kier alpha value is -5.76. The number of aromatic nitrogens is 1. The summed E-state index contributed by atoms with van der Waals surface area (Å²) in [5.74, 6) is -5.08. The molecule has 3 fully saturated rings. The number of hydrogen-bond acceptors (Lipinski definition) is 11. The zero-order valence-electron chi connectivity index (χ0n) is 30.4. The molecule has 2 aromatic carbocycles. The van der Waals surface area contributed by atoms with E-state index in [4.69, 9.17) is 25.2 Å². The molecule has 19 heteroatoms. The van der Waals surface area contributed by atoms with Gasteiger partial charge in [-0.25, -0.2) is 28.1 Å². The summed E-state index contributed by atoms with van der Waals surface area (Å²) in [6.07, 6.45) is -0.564. The Kier molecular flexibility index (Phi) is 13.5. The number of carbonyl (C=O) groups is 5. The number of urea groups is 1. The number of aliphatic hydroxyl groups is 2. The van der Waals surface area contributed by atoms with Crippen molar-refractivity contribution in [3.8, 4) is 11.5 Å². The minimum atomic E-state index is -2.27. The lowest BCUT2D eigenvalue weighted by Crippen LogP contribution is -2.53. The number of carboxylic acid groups (broad SMARTS) is 2. The van der Waals surface area contributed by atoms with Crippen LogP contribution in [0.4, 0.5) is 30.8 Å². The minimum Gasteiger partial charge on any atom is -0.479 e. The smallest absolute Gasteiger partial charge is 0.335 e. The molecule has 0 unspecified atom stereocenters. The van der Waals surface area contributed by atoms with Crippen LogP contribution in [-0.4, -0.2) is 134 Å². The van der Waals surface area contributed by atoms with Gasteiger partial charge in [-0.05, 0) is 75.2 Å². The lowest BCUT2D eigenvalue weighted by Gasteiger charge is -2.42. The van der Waals surface area contributed by atoms with Crippen LogP contribution in [0.15, 0.2) is 60.8 Å². The van der Waals surface area contributed by atoms with Gasteiger partial charge in [0.05, 0.1) is 5.69 Å². The maximum atomic E-state index is 15.0. The van der Waals surface area contributed by atoms with Gasteiger partial charge in [0.1, 0.15) is 34.4 Å². The van der Waals surface area contributed by atoms with E-state index in [0.717, 1.165) is 45.1 Å². The third-order valence-electron chi connectivity index (χ3n) is 9.72. The first-order chi connectivity index (χ1) is 26.6. The van der Waals surface area contributed by atoms with Gasteiger partial charge in [-0.15, -0.1) is 0 Å². The van der Waals surface area contributed by atoms with Crippen LogP contribution < -0.4 is 20.7 Å². The molecule has 17 nitrogen and oxygen atoms in total. The van der Waals surface area contributed by atoms with Gasteiger partial charge in [0.25, 0.3) is 0 Å². The van der Waals surface area contributed by atoms with E-state index in [1.54, 1.807) is 17.0 Å². The van der Waals surface area contributed by atoms with Crippen molar-refractivity contribution in [1.29, 1.82) is 0 Å². The summed E-state index contributed by atoms with van der Waals surface area (Å²) in [5, 5.41) is 40.5. The normalized spacial score (nSPS) is 18.0. The molecule has 4 amide bonds. The number of likely N-dealkylation sites (N-methyl/N-ethyl adjacent to an activating group) is 1. The SMILES string of the molecule is CN1CCN(C2CCN(C(=O)Nc3cc(Oc4ccc(NC(=O)C5(C(=O)Nc6ccc(F)cc6)CC5)c(F)c4)ccn3)CC2)CC1.O=C(O)[C@H](O)[C@@H](O)C(=O)O. The van der Waals surface area contributed by atoms with E-state index in [2.05, 4.69) is 37.8 Å². The molecule has 3 heterocycles. The predicted octanol–water partition coefficient (Wildman–Crippen LogP) is 2.63. The van der Waals surface area contributed by atoms with Gasteiger partial charge in [0.2, 0.25) is 11.8 Å². The van der Waals surface area contributed by atoms with Crippen molar-refractivity contribution in [3.05, 3.63) is 72.4 Å². The molecule has 3 aromatic rings. The summed E-state index contributed by atoms with van der Waals surface area (Å²) in [6.45, 7) is 5.60. The van der Waals surface area contributed by atoms with Gasteiger partial charge in [-0.1, -0.05) is 0 Å². The molecule has 1 aromatic heterocycles. The number of rotatable bonds is 11. The maximum Gasteiger partial charge on any atom is 0.335 e. The van der Waals surface area contributed by atoms with Gasteiger partial charge in [0, 0.05) is 69.3 Å². The van der Waals surface area contributed by atoms with Crippen molar-refractivity contribution in [2.24, 2.45) is 5.41 Å². The Morgan fingerprint density at radius 1 is 0.786 bits per heavy atom. The van der Waals surface area contributed by atoms with Gasteiger partial charge in [-0.3, -0.25) is 19.8 Å². The molecule has 0 bridgehead atoms. The molecule has 0 spiro atoms. The Morgan fingerprint density at radius 2 is 1.38 bits per heavy atom. The molecule has 2 saturated heterocycles. The first-order valence-electron chi connectivity index (χ1n) is 17.8. The summed E-state index contributed by atoms with van der Waals surface area (Å²) in [5.41, 5.74) is -1.07. The van der Waals surface area contributed by atoms with E-state index in [1.807, 2.05) is 0 Å². The lowest BCUT2D eigenvalue weighted by molar-refractivity contribution is -0.165. The number of benzene rings is 2. The third kappa shape index (κ3) is 10.7. The number of carbonyl (C=O) groups excluding carboxylic acids is 3. The van der Waals surface area contributed by atoms with Crippen LogP contribution >= 0.6 is 0 Å². The van der Waals surface area contributed by atoms with Gasteiger partial charge in [-0.2, -0.15) is 0 Å². The molecule has 3 aliphatic rings. The number of hydrogen-bond donors (Lipinski definition) is 7. The van der Waals surface area contributed by atoms with Crippen LogP contribution in [0.2, 0.25) is 0 Å². The van der Waals surface area contributed by atoms with Crippen molar-refractivity contribution >= 4 is 47.0 Å². The second-order valence-corrected chi connectivity index (χ2v) is 13.7. The van der Waals surface area contributed by atoms with Crippen molar-refractivity contribution < 1.29 is 57.9 Å². The summed E-state index contributed by atoms with van der Waals surface area (Å²) in [7, 11) is 2.14. The molecule has 300 valence electrons. The molecule has 6 rings (SSSR count). The van der Waals surface area contributed by atoms with Crippen LogP contribution in [0, 0.1) is 17.0 Å². The van der Waals surface area contributed by atoms with Crippen molar-refractivity contribution in [3.63, 3.8) is 0 Å². The van der Waals surface area contributed by atoms with Crippen molar-refractivity contribution in [2.45, 2.75) is 43.9 Å². The Bertz CT molecular complexity index is 1880. The number of amides is 4. The Labute approximate surface area is 319 Å². The van der Waals surface area contributed by atoms with E-state index in [-0.39, 0.29) is 17.5 Å². The average molecular weight is 784 g/mol. The number of carboxylic acids is 2. The third-order valence-corrected chi connectivity index (χ3v) is 9.72. The van der Waals surface area contributed by atoms with E-state index in [9.17, 15) is 28.4 Å². The number of anilines is 3. The Morgan fingerprint density at radius 3 is 1.95 bits per heavy atom. The summed E-state index contributed by atoms with van der Waals surface area (Å²) in [6, 6.07) is 12.6. The fraction of sp³-hybridized carbons (Fsp3) is 0.405. The molecule has 2 aliphatic heterocycles. The summed E-state index contributed by atoms with van der Waals surface area (Å²) >= 11 is 0. The van der Waals surface area contributed by atoms with Crippen LogP contribution in [0.5, 0.6) is 11.5 Å². The first kappa shape index (κ1) is 41.4. The highest BCUT2D eigenvalue weighted by atomic mass is 19.1. The van der Waals surface area contributed by atoms with Crippen molar-refractivity contribution in [2.75, 3.05) is 62.3 Å². The number of aliphatic hydroxyl groups excluding tert-OH is 2. The topological polar surface area (TPSA) is 234 Å². The average Bonchev–Trinajstić information content (AvgIpc) is 4.00. The lowest BCUT2D eigenvalue weighted by atomic mass is 10.0. The summed E-state index contributed by atoms with van der Waals surface area (Å²) < 4.78 is 34.0. The molecular formula is C37H43F2N7O10. The molecular weight excluding hydrogens is 740 g/mol. The van der Waals surface area contributed by atoms with Crippen molar-refractivity contribution in [1.82, 2.24) is 19.7 Å². The van der Waals surface area contributed by atoms with E-state index in [1.165, 1.54) is 42.6 Å². The fourth-order valence-electron chi connectivity index (χ4n) is 6.13. The molecule has 1 saturated carbocycles. The number of pyridine rings is 1. The van der Waals surface area contributed by atoms with E-state index >= 15 is 4.39 Å². The molecule has 2 atom stereocenters. The number of ether oxygens (including phenoxy) is 1. The van der Waals surface area contributed by atoms with E-state index in [0.29, 0.717) is 49.2 Å². The second kappa shape index (κ2) is 18.2. The second-order valence-electron chi connectivity index (χ2n) is 13.7. The monoisotopic (exact) mass is 783 g/mol. The number of nitrogens with zero attached hydrogens (tertiary/aromatic N) is 4. The molecule has 0 radical (unpaired) electrons. The minimum absolute atomic E-state index is 0.0997.